The predicted octanol–water partition coefficient (Wildman–Crippen LogP) is 3.70. The van der Waals surface area contributed by atoms with Crippen LogP contribution in [0.2, 0.25) is 0 Å². The molecule has 0 spiro atoms. The quantitative estimate of drug-likeness (QED) is 0.667. The Hall–Kier alpha value is -2.66. The van der Waals surface area contributed by atoms with Crippen molar-refractivity contribution in [2.45, 2.75) is 12.8 Å². The van der Waals surface area contributed by atoms with Gasteiger partial charge in [0.25, 0.3) is 5.91 Å². The van der Waals surface area contributed by atoms with E-state index in [1.54, 1.807) is 19.2 Å². The summed E-state index contributed by atoms with van der Waals surface area (Å²) in [5, 5.41) is 6.77. The van der Waals surface area contributed by atoms with Gasteiger partial charge in [0, 0.05) is 18.0 Å². The number of fused-ring (bicyclic) bond motifs is 1. The molecule has 1 fully saturated rings. The summed E-state index contributed by atoms with van der Waals surface area (Å²) >= 11 is 0. The van der Waals surface area contributed by atoms with Crippen LogP contribution in [0, 0.1) is 5.82 Å². The Balaban J connectivity index is 0.000000314. The van der Waals surface area contributed by atoms with Crippen molar-refractivity contribution >= 4 is 16.8 Å². The number of hydrogen-bond acceptors (Lipinski definition) is 2. The van der Waals surface area contributed by atoms with Crippen LogP contribution in [0.3, 0.4) is 0 Å². The van der Waals surface area contributed by atoms with Crippen molar-refractivity contribution in [2.75, 3.05) is 20.1 Å². The maximum absolute atomic E-state index is 12.9. The van der Waals surface area contributed by atoms with E-state index < -0.39 is 0 Å². The molecule has 0 unspecified atom stereocenters. The topological polar surface area (TPSA) is 56.9 Å². The molecule has 0 aliphatic carbocycles. The fourth-order valence-corrected chi connectivity index (χ4v) is 2.83. The average molecular weight is 339 g/mol. The number of halogens is 1. The van der Waals surface area contributed by atoms with Gasteiger partial charge in [-0.15, -0.1) is 0 Å². The van der Waals surface area contributed by atoms with Crippen LogP contribution in [0.1, 0.15) is 23.3 Å². The molecule has 25 heavy (non-hydrogen) atoms. The molecular weight excluding hydrogens is 317 g/mol. The maximum atomic E-state index is 12.9. The highest BCUT2D eigenvalue weighted by molar-refractivity contribution is 5.98. The molecular formula is C20H22FN3O. The van der Waals surface area contributed by atoms with Gasteiger partial charge in [0.05, 0.1) is 0 Å². The molecule has 1 amide bonds. The summed E-state index contributed by atoms with van der Waals surface area (Å²) in [7, 11) is 1.60. The van der Waals surface area contributed by atoms with Crippen molar-refractivity contribution in [3.63, 3.8) is 0 Å². The van der Waals surface area contributed by atoms with E-state index in [9.17, 15) is 9.18 Å². The van der Waals surface area contributed by atoms with E-state index in [1.807, 2.05) is 24.3 Å². The summed E-state index contributed by atoms with van der Waals surface area (Å²) in [6.45, 7) is 2.50. The molecule has 5 heteroatoms. The number of carbonyl (C=O) groups excluding carboxylic acids is 1. The third-order valence-corrected chi connectivity index (χ3v) is 4.23. The third kappa shape index (κ3) is 4.25. The van der Waals surface area contributed by atoms with E-state index in [0.717, 1.165) is 22.0 Å². The van der Waals surface area contributed by atoms with Gasteiger partial charge in [0.2, 0.25) is 0 Å². The summed E-state index contributed by atoms with van der Waals surface area (Å²) in [6, 6.07) is 14.0. The summed E-state index contributed by atoms with van der Waals surface area (Å²) < 4.78 is 12.9. The van der Waals surface area contributed by atoms with E-state index in [4.69, 9.17) is 0 Å². The average Bonchev–Trinajstić information content (AvgIpc) is 3.33. The van der Waals surface area contributed by atoms with E-state index in [1.165, 1.54) is 38.1 Å². The van der Waals surface area contributed by atoms with Crippen molar-refractivity contribution in [1.29, 1.82) is 0 Å². The first-order valence-corrected chi connectivity index (χ1v) is 8.49. The van der Waals surface area contributed by atoms with Crippen LogP contribution in [-0.4, -0.2) is 31.0 Å². The van der Waals surface area contributed by atoms with Crippen LogP contribution in [0.15, 0.2) is 48.5 Å². The Morgan fingerprint density at radius 3 is 2.28 bits per heavy atom. The Kier molecular flexibility index (Phi) is 5.46. The minimum absolute atomic E-state index is 0.149. The number of nitrogens with one attached hydrogen (secondary N) is 3. The van der Waals surface area contributed by atoms with E-state index in [-0.39, 0.29) is 11.7 Å². The second-order valence-electron chi connectivity index (χ2n) is 6.03. The molecule has 1 aliphatic heterocycles. The highest BCUT2D eigenvalue weighted by Gasteiger charge is 2.08. The first-order valence-electron chi connectivity index (χ1n) is 8.49. The predicted molar refractivity (Wildman–Crippen MR) is 99.2 cm³/mol. The van der Waals surface area contributed by atoms with Gasteiger partial charge in [-0.05, 0) is 61.3 Å². The largest absolute Gasteiger partial charge is 0.354 e. The first-order chi connectivity index (χ1) is 12.2. The number of aromatic nitrogens is 1. The van der Waals surface area contributed by atoms with Gasteiger partial charge in [-0.3, -0.25) is 4.79 Å². The lowest BCUT2D eigenvalue weighted by atomic mass is 10.0. The zero-order valence-electron chi connectivity index (χ0n) is 14.2. The van der Waals surface area contributed by atoms with Crippen molar-refractivity contribution in [1.82, 2.24) is 15.6 Å². The Morgan fingerprint density at radius 2 is 1.68 bits per heavy atom. The molecule has 3 aromatic rings. The van der Waals surface area contributed by atoms with Gasteiger partial charge < -0.3 is 15.6 Å². The number of amides is 1. The standard InChI is InChI=1S/C16H13FN2O.C4H9N/c1-18-16(20)15-9-12-3-2-11(8-14(12)19-15)10-4-6-13(17)7-5-10;1-2-4-5-3-1/h2-9,19H,1H3,(H,18,20);5H,1-4H2. The third-order valence-electron chi connectivity index (χ3n) is 4.23. The summed E-state index contributed by atoms with van der Waals surface area (Å²) in [5.74, 6) is -0.402. The molecule has 3 N–H and O–H groups in total. The molecule has 0 radical (unpaired) electrons. The van der Waals surface area contributed by atoms with Crippen LogP contribution in [0.5, 0.6) is 0 Å². The normalized spacial score (nSPS) is 13.4. The fraction of sp³-hybridized carbons (Fsp3) is 0.250. The van der Waals surface area contributed by atoms with Crippen molar-refractivity contribution in [3.8, 4) is 11.1 Å². The lowest BCUT2D eigenvalue weighted by Gasteiger charge is -2.01. The van der Waals surface area contributed by atoms with Crippen LogP contribution < -0.4 is 10.6 Å². The second-order valence-corrected chi connectivity index (χ2v) is 6.03. The Labute approximate surface area is 146 Å². The fourth-order valence-electron chi connectivity index (χ4n) is 2.83. The van der Waals surface area contributed by atoms with Crippen LogP contribution in [0.25, 0.3) is 22.0 Å². The zero-order valence-corrected chi connectivity index (χ0v) is 14.2. The van der Waals surface area contributed by atoms with Gasteiger partial charge in [-0.2, -0.15) is 0 Å². The van der Waals surface area contributed by atoms with Crippen molar-refractivity contribution in [3.05, 3.63) is 60.0 Å². The highest BCUT2D eigenvalue weighted by atomic mass is 19.1. The number of H-pyrrole nitrogens is 1. The molecule has 1 aliphatic rings. The number of hydrogen-bond donors (Lipinski definition) is 3. The molecule has 1 aromatic heterocycles. The summed E-state index contributed by atoms with van der Waals surface area (Å²) in [4.78, 5) is 14.7. The SMILES string of the molecule is C1CCNC1.CNC(=O)c1cc2ccc(-c3ccc(F)cc3)cc2[nH]1. The van der Waals surface area contributed by atoms with Crippen LogP contribution in [0.4, 0.5) is 4.39 Å². The monoisotopic (exact) mass is 339 g/mol. The number of aromatic amines is 1. The van der Waals surface area contributed by atoms with Gasteiger partial charge in [-0.25, -0.2) is 4.39 Å². The molecule has 4 rings (SSSR count). The first kappa shape index (κ1) is 17.2. The minimum Gasteiger partial charge on any atom is -0.354 e. The lowest BCUT2D eigenvalue weighted by Crippen LogP contribution is -2.17. The van der Waals surface area contributed by atoms with E-state index in [2.05, 4.69) is 15.6 Å². The number of rotatable bonds is 2. The smallest absolute Gasteiger partial charge is 0.267 e. The molecule has 2 aromatic carbocycles. The Bertz CT molecular complexity index is 843. The zero-order chi connectivity index (χ0) is 17.6. The molecule has 4 nitrogen and oxygen atoms in total. The van der Waals surface area contributed by atoms with Crippen molar-refractivity contribution < 1.29 is 9.18 Å². The molecule has 0 bridgehead atoms. The van der Waals surface area contributed by atoms with Gasteiger partial charge in [0.15, 0.2) is 0 Å². The van der Waals surface area contributed by atoms with E-state index >= 15 is 0 Å². The van der Waals surface area contributed by atoms with E-state index in [0.29, 0.717) is 5.69 Å². The number of carbonyl (C=O) groups is 1. The minimum atomic E-state index is -0.253. The Morgan fingerprint density at radius 1 is 1.00 bits per heavy atom. The van der Waals surface area contributed by atoms with Gasteiger partial charge in [-0.1, -0.05) is 24.3 Å². The molecule has 1 saturated heterocycles. The van der Waals surface area contributed by atoms with Crippen LogP contribution >= 0.6 is 0 Å². The summed E-state index contributed by atoms with van der Waals surface area (Å²) in [6.07, 6.45) is 2.78. The lowest BCUT2D eigenvalue weighted by molar-refractivity contribution is 0.0959. The molecule has 0 saturated carbocycles. The molecule has 2 heterocycles. The molecule has 130 valence electrons. The van der Waals surface area contributed by atoms with Gasteiger partial charge >= 0.3 is 0 Å². The molecule has 0 atom stereocenters. The van der Waals surface area contributed by atoms with Crippen LogP contribution in [-0.2, 0) is 0 Å². The second kappa shape index (κ2) is 7.94. The maximum Gasteiger partial charge on any atom is 0.267 e. The number of benzene rings is 2. The van der Waals surface area contributed by atoms with Crippen molar-refractivity contribution in [2.24, 2.45) is 0 Å². The summed E-state index contributed by atoms with van der Waals surface area (Å²) in [5.41, 5.74) is 3.32. The highest BCUT2D eigenvalue weighted by Crippen LogP contribution is 2.25. The van der Waals surface area contributed by atoms with Gasteiger partial charge in [0.1, 0.15) is 11.5 Å².